The maximum Gasteiger partial charge on any atom is 0.230 e. The van der Waals surface area contributed by atoms with Crippen LogP contribution in [0.15, 0.2) is 24.4 Å². The Kier molecular flexibility index (Phi) is 2.13. The van der Waals surface area contributed by atoms with E-state index in [0.717, 1.165) is 10.9 Å². The fourth-order valence-electron chi connectivity index (χ4n) is 1.43. The molecule has 1 aromatic heterocycles. The van der Waals surface area contributed by atoms with Gasteiger partial charge in [0.1, 0.15) is 0 Å². The maximum atomic E-state index is 10.3. The van der Waals surface area contributed by atoms with E-state index in [1.165, 1.54) is 0 Å². The van der Waals surface area contributed by atoms with Crippen molar-refractivity contribution in [2.75, 3.05) is 0 Å². The number of H-pyrrole nitrogens is 1. The predicted octanol–water partition coefficient (Wildman–Crippen LogP) is 2.60. The van der Waals surface area contributed by atoms with Crippen molar-refractivity contribution in [1.29, 1.82) is 0 Å². The summed E-state index contributed by atoms with van der Waals surface area (Å²) < 4.78 is 0. The third-order valence-electron chi connectivity index (χ3n) is 2.03. The van der Waals surface area contributed by atoms with Crippen molar-refractivity contribution in [2.24, 2.45) is 0 Å². The van der Waals surface area contributed by atoms with Crippen molar-refractivity contribution in [3.63, 3.8) is 0 Å². The van der Waals surface area contributed by atoms with E-state index in [-0.39, 0.29) is 11.5 Å². The number of nitrogens with zero attached hydrogens (tertiary/aromatic N) is 1. The van der Waals surface area contributed by atoms with Crippen molar-refractivity contribution >= 4 is 22.5 Å². The number of nitrogens with one attached hydrogen (secondary N) is 1. The summed E-state index contributed by atoms with van der Waals surface area (Å²) >= 11 is 5.78. The molecule has 4 nitrogen and oxygen atoms in total. The summed E-state index contributed by atoms with van der Waals surface area (Å²) in [5, 5.41) is 11.8. The largest absolute Gasteiger partial charge is 0.361 e. The van der Waals surface area contributed by atoms with Gasteiger partial charge in [0, 0.05) is 32.6 Å². The first-order valence-corrected chi connectivity index (χ1v) is 4.42. The Hall–Kier alpha value is -1.55. The van der Waals surface area contributed by atoms with Crippen LogP contribution in [0.3, 0.4) is 0 Å². The number of aromatic amines is 1. The van der Waals surface area contributed by atoms with Gasteiger partial charge < -0.3 is 4.98 Å². The molecule has 0 bridgehead atoms. The van der Waals surface area contributed by atoms with Crippen molar-refractivity contribution < 1.29 is 4.92 Å². The van der Waals surface area contributed by atoms with Crippen LogP contribution in [-0.4, -0.2) is 9.91 Å². The normalized spacial score (nSPS) is 10.6. The number of hydrogen-bond acceptors (Lipinski definition) is 2. The van der Waals surface area contributed by atoms with Crippen molar-refractivity contribution in [3.8, 4) is 0 Å². The lowest BCUT2D eigenvalue weighted by molar-refractivity contribution is -0.496. The number of nitro groups is 1. The average Bonchev–Trinajstić information content (AvgIpc) is 2.47. The third kappa shape index (κ3) is 1.56. The summed E-state index contributed by atoms with van der Waals surface area (Å²) in [5.41, 5.74) is 1.51. The number of benzene rings is 1. The quantitative estimate of drug-likeness (QED) is 0.612. The predicted molar refractivity (Wildman–Crippen MR) is 54.0 cm³/mol. The summed E-state index contributed by atoms with van der Waals surface area (Å²) in [6.07, 6.45) is 1.64. The van der Waals surface area contributed by atoms with Gasteiger partial charge in [-0.05, 0) is 12.1 Å². The smallest absolute Gasteiger partial charge is 0.230 e. The molecule has 0 atom stereocenters. The van der Waals surface area contributed by atoms with Crippen LogP contribution in [-0.2, 0) is 6.54 Å². The lowest BCUT2D eigenvalue weighted by Crippen LogP contribution is -1.96. The first kappa shape index (κ1) is 9.02. The highest BCUT2D eigenvalue weighted by Gasteiger charge is 2.08. The molecule has 0 saturated carbocycles. The van der Waals surface area contributed by atoms with Crippen LogP contribution in [0.5, 0.6) is 0 Å². The molecule has 0 unspecified atom stereocenters. The molecule has 5 heteroatoms. The number of fused-ring (bicyclic) bond motifs is 1. The number of rotatable bonds is 2. The Bertz CT molecular complexity index is 493. The summed E-state index contributed by atoms with van der Waals surface area (Å²) in [4.78, 5) is 12.9. The highest BCUT2D eigenvalue weighted by molar-refractivity contribution is 6.31. The Labute approximate surface area is 84.6 Å². The van der Waals surface area contributed by atoms with E-state index in [1.54, 1.807) is 24.4 Å². The lowest BCUT2D eigenvalue weighted by atomic mass is 10.2. The molecule has 0 amide bonds. The van der Waals surface area contributed by atoms with Gasteiger partial charge >= 0.3 is 0 Å². The number of aromatic nitrogens is 1. The Morgan fingerprint density at radius 2 is 2.29 bits per heavy atom. The zero-order valence-electron chi connectivity index (χ0n) is 7.16. The van der Waals surface area contributed by atoms with Crippen LogP contribution in [0, 0.1) is 10.1 Å². The van der Waals surface area contributed by atoms with Gasteiger partial charge in [-0.15, -0.1) is 0 Å². The maximum absolute atomic E-state index is 10.3. The molecule has 14 heavy (non-hydrogen) atoms. The SMILES string of the molecule is O=[N+]([O-])Cc1c[nH]c2cc(Cl)ccc12. The third-order valence-corrected chi connectivity index (χ3v) is 2.26. The second kappa shape index (κ2) is 3.31. The molecule has 0 saturated heterocycles. The standard InChI is InChI=1S/C9H7ClN2O2/c10-7-1-2-8-6(5-12(13)14)4-11-9(8)3-7/h1-4,11H,5H2. The molecule has 0 aliphatic rings. The molecular formula is C9H7ClN2O2. The molecule has 1 heterocycles. The molecule has 1 aromatic carbocycles. The monoisotopic (exact) mass is 210 g/mol. The topological polar surface area (TPSA) is 58.9 Å². The van der Waals surface area contributed by atoms with Gasteiger partial charge in [-0.2, -0.15) is 0 Å². The van der Waals surface area contributed by atoms with E-state index < -0.39 is 0 Å². The highest BCUT2D eigenvalue weighted by Crippen LogP contribution is 2.22. The molecule has 0 aliphatic heterocycles. The number of hydrogen-bond donors (Lipinski definition) is 1. The molecule has 0 aliphatic carbocycles. The van der Waals surface area contributed by atoms with Gasteiger partial charge in [-0.3, -0.25) is 10.1 Å². The van der Waals surface area contributed by atoms with Crippen LogP contribution < -0.4 is 0 Å². The van der Waals surface area contributed by atoms with Crippen LogP contribution in [0.2, 0.25) is 5.02 Å². The second-order valence-corrected chi connectivity index (χ2v) is 3.43. The summed E-state index contributed by atoms with van der Waals surface area (Å²) in [6.45, 7) is -0.165. The zero-order valence-corrected chi connectivity index (χ0v) is 7.91. The van der Waals surface area contributed by atoms with E-state index in [2.05, 4.69) is 4.98 Å². The van der Waals surface area contributed by atoms with E-state index in [4.69, 9.17) is 11.6 Å². The average molecular weight is 211 g/mol. The molecule has 2 rings (SSSR count). The van der Waals surface area contributed by atoms with Crippen molar-refractivity contribution in [2.45, 2.75) is 6.54 Å². The Balaban J connectivity index is 2.52. The van der Waals surface area contributed by atoms with E-state index >= 15 is 0 Å². The zero-order chi connectivity index (χ0) is 10.1. The molecule has 0 spiro atoms. The first-order valence-electron chi connectivity index (χ1n) is 4.04. The van der Waals surface area contributed by atoms with Gasteiger partial charge in [-0.25, -0.2) is 0 Å². The fourth-order valence-corrected chi connectivity index (χ4v) is 1.60. The molecule has 1 N–H and O–H groups in total. The van der Waals surface area contributed by atoms with Gasteiger partial charge in [0.05, 0.1) is 0 Å². The van der Waals surface area contributed by atoms with Gasteiger partial charge in [-0.1, -0.05) is 17.7 Å². The van der Waals surface area contributed by atoms with Crippen molar-refractivity contribution in [3.05, 3.63) is 45.1 Å². The minimum Gasteiger partial charge on any atom is -0.361 e. The minimum absolute atomic E-state index is 0.165. The van der Waals surface area contributed by atoms with Gasteiger partial charge in [0.25, 0.3) is 0 Å². The highest BCUT2D eigenvalue weighted by atomic mass is 35.5. The second-order valence-electron chi connectivity index (χ2n) is 2.99. The van der Waals surface area contributed by atoms with E-state index in [0.29, 0.717) is 10.6 Å². The van der Waals surface area contributed by atoms with Crippen molar-refractivity contribution in [1.82, 2.24) is 4.98 Å². The Morgan fingerprint density at radius 3 is 3.00 bits per heavy atom. The molecule has 72 valence electrons. The number of halogens is 1. The van der Waals surface area contributed by atoms with E-state index in [9.17, 15) is 10.1 Å². The summed E-state index contributed by atoms with van der Waals surface area (Å²) in [5.74, 6) is 0. The summed E-state index contributed by atoms with van der Waals surface area (Å²) in [6, 6.07) is 5.26. The molecule has 0 fully saturated rings. The van der Waals surface area contributed by atoms with Crippen LogP contribution >= 0.6 is 11.6 Å². The van der Waals surface area contributed by atoms with Gasteiger partial charge in [0.15, 0.2) is 0 Å². The molecular weight excluding hydrogens is 204 g/mol. The Morgan fingerprint density at radius 1 is 1.50 bits per heavy atom. The van der Waals surface area contributed by atoms with Gasteiger partial charge in [0.2, 0.25) is 6.54 Å². The fraction of sp³-hybridized carbons (Fsp3) is 0.111. The van der Waals surface area contributed by atoms with Crippen LogP contribution in [0.1, 0.15) is 5.56 Å². The minimum atomic E-state index is -0.350. The first-order chi connectivity index (χ1) is 6.66. The van der Waals surface area contributed by atoms with E-state index in [1.807, 2.05) is 0 Å². The summed E-state index contributed by atoms with van der Waals surface area (Å²) in [7, 11) is 0. The van der Waals surface area contributed by atoms with Crippen LogP contribution in [0.25, 0.3) is 10.9 Å². The molecule has 2 aromatic rings. The lowest BCUT2D eigenvalue weighted by Gasteiger charge is -1.93. The van der Waals surface area contributed by atoms with Crippen LogP contribution in [0.4, 0.5) is 0 Å². The molecule has 0 radical (unpaired) electrons.